The molecule has 2 atom stereocenters. The summed E-state index contributed by atoms with van der Waals surface area (Å²) in [6.45, 7) is 1.80. The summed E-state index contributed by atoms with van der Waals surface area (Å²) in [5.41, 5.74) is 0.113. The van der Waals surface area contributed by atoms with Gasteiger partial charge in [0.25, 0.3) is 10.0 Å². The van der Waals surface area contributed by atoms with E-state index in [4.69, 9.17) is 4.74 Å². The second-order valence-corrected chi connectivity index (χ2v) is 14.1. The number of carbonyl (C=O) groups is 1. The minimum atomic E-state index is -4.28. The summed E-state index contributed by atoms with van der Waals surface area (Å²) in [4.78, 5) is 25.7. The number of halogens is 4. The molecular weight excluding hydrogens is 650 g/mol. The topological polar surface area (TPSA) is 116 Å². The summed E-state index contributed by atoms with van der Waals surface area (Å²) in [6, 6.07) is 9.34. The van der Waals surface area contributed by atoms with Crippen molar-refractivity contribution in [1.82, 2.24) is 18.9 Å². The van der Waals surface area contributed by atoms with Crippen LogP contribution in [-0.4, -0.2) is 46.5 Å². The number of nitrogens with zero attached hydrogens (tertiary/aromatic N) is 4. The number of aromatic nitrogens is 4. The SMILES string of the molecule is COC(=O)C1C2CCC(CC2)C1Nc1nc(-c2cn(S(=O)(=O)c3ccc(C)cc3)c3ncc(F)cc23)nc(-c2ccc(F)c(F)c2)c1F. The minimum Gasteiger partial charge on any atom is -0.469 e. The summed E-state index contributed by atoms with van der Waals surface area (Å²) < 4.78 is 93.1. The van der Waals surface area contributed by atoms with E-state index in [1.54, 1.807) is 19.1 Å². The van der Waals surface area contributed by atoms with E-state index in [1.807, 2.05) is 0 Å². The molecule has 9 nitrogen and oxygen atoms in total. The van der Waals surface area contributed by atoms with E-state index in [0.29, 0.717) is 0 Å². The fraction of sp³-hybridized carbons (Fsp3) is 0.294. The summed E-state index contributed by atoms with van der Waals surface area (Å²) >= 11 is 0. The number of ether oxygens (including phenoxy) is 1. The summed E-state index contributed by atoms with van der Waals surface area (Å²) in [5.74, 6) is -5.82. The number of anilines is 1. The van der Waals surface area contributed by atoms with Gasteiger partial charge in [-0.1, -0.05) is 17.7 Å². The van der Waals surface area contributed by atoms with Crippen LogP contribution in [0.1, 0.15) is 31.2 Å². The Morgan fingerprint density at radius 2 is 1.65 bits per heavy atom. The van der Waals surface area contributed by atoms with Crippen LogP contribution in [-0.2, 0) is 19.6 Å². The molecule has 5 aromatic rings. The van der Waals surface area contributed by atoms with Crippen molar-refractivity contribution in [2.45, 2.75) is 43.5 Å². The van der Waals surface area contributed by atoms with Crippen LogP contribution in [0.15, 0.2) is 65.8 Å². The molecule has 0 aliphatic heterocycles. The highest BCUT2D eigenvalue weighted by atomic mass is 32.2. The van der Waals surface area contributed by atoms with Crippen LogP contribution in [0.2, 0.25) is 0 Å². The first-order valence-electron chi connectivity index (χ1n) is 15.3. The van der Waals surface area contributed by atoms with Crippen molar-refractivity contribution in [2.24, 2.45) is 17.8 Å². The molecule has 0 spiro atoms. The van der Waals surface area contributed by atoms with Crippen LogP contribution in [0, 0.1) is 47.9 Å². The number of rotatable bonds is 7. The highest BCUT2D eigenvalue weighted by Gasteiger charge is 2.48. The van der Waals surface area contributed by atoms with Crippen molar-refractivity contribution in [3.8, 4) is 22.6 Å². The molecule has 248 valence electrons. The van der Waals surface area contributed by atoms with Gasteiger partial charge in [-0.25, -0.2) is 44.9 Å². The molecule has 3 heterocycles. The highest BCUT2D eigenvalue weighted by molar-refractivity contribution is 7.90. The monoisotopic (exact) mass is 679 g/mol. The number of esters is 1. The average molecular weight is 680 g/mol. The van der Waals surface area contributed by atoms with Crippen molar-refractivity contribution < 1.29 is 35.5 Å². The zero-order chi connectivity index (χ0) is 33.9. The van der Waals surface area contributed by atoms with Crippen molar-refractivity contribution in [1.29, 1.82) is 0 Å². The molecule has 3 saturated carbocycles. The molecule has 14 heteroatoms. The van der Waals surface area contributed by atoms with Gasteiger partial charge in [0.15, 0.2) is 34.7 Å². The standard InChI is InChI=1S/C34H29F4N5O4S/c1-17-3-10-22(11-4-17)48(45,46)43-16-24(23-14-21(35)15-39-33(23)43)31-41-30(20-9-12-25(36)26(37)13-20)28(38)32(42-31)40-29-19-7-5-18(6-8-19)27(29)34(44)47-2/h3-4,9-16,18-19,27,29H,5-8H2,1-2H3,(H,40,41,42). The zero-order valence-electron chi connectivity index (χ0n) is 25.8. The first kappa shape index (κ1) is 31.7. The summed E-state index contributed by atoms with van der Waals surface area (Å²) in [5, 5.41) is 3.11. The smallest absolute Gasteiger partial charge is 0.311 e. The van der Waals surface area contributed by atoms with Gasteiger partial charge in [-0.15, -0.1) is 0 Å². The Kier molecular flexibility index (Phi) is 7.93. The van der Waals surface area contributed by atoms with Gasteiger partial charge in [0.2, 0.25) is 0 Å². The maximum atomic E-state index is 16.4. The molecular formula is C34H29F4N5O4S. The molecule has 3 aromatic heterocycles. The van der Waals surface area contributed by atoms with Crippen molar-refractivity contribution in [2.75, 3.05) is 12.4 Å². The van der Waals surface area contributed by atoms with E-state index in [-0.39, 0.29) is 50.5 Å². The van der Waals surface area contributed by atoms with Crippen LogP contribution < -0.4 is 5.32 Å². The van der Waals surface area contributed by atoms with E-state index in [1.165, 1.54) is 19.2 Å². The van der Waals surface area contributed by atoms with Gasteiger partial charge in [-0.3, -0.25) is 4.79 Å². The number of carbonyl (C=O) groups excluding carboxylic acids is 1. The Morgan fingerprint density at radius 3 is 2.33 bits per heavy atom. The highest BCUT2D eigenvalue weighted by Crippen LogP contribution is 2.47. The molecule has 3 aliphatic rings. The molecule has 0 amide bonds. The lowest BCUT2D eigenvalue weighted by atomic mass is 9.61. The second kappa shape index (κ2) is 12.0. The van der Waals surface area contributed by atoms with Crippen LogP contribution in [0.3, 0.4) is 0 Å². The molecule has 8 rings (SSSR count). The number of pyridine rings is 1. The van der Waals surface area contributed by atoms with Crippen molar-refractivity contribution in [3.05, 3.63) is 89.8 Å². The molecule has 48 heavy (non-hydrogen) atoms. The fourth-order valence-electron chi connectivity index (χ4n) is 7.03. The minimum absolute atomic E-state index is 0.00337. The number of hydrogen-bond donors (Lipinski definition) is 1. The van der Waals surface area contributed by atoms with Crippen LogP contribution in [0.4, 0.5) is 23.4 Å². The second-order valence-electron chi connectivity index (χ2n) is 12.3. The molecule has 0 saturated heterocycles. The quantitative estimate of drug-likeness (QED) is 0.150. The maximum absolute atomic E-state index is 16.4. The first-order chi connectivity index (χ1) is 23.0. The summed E-state index contributed by atoms with van der Waals surface area (Å²) in [7, 11) is -2.99. The molecule has 1 N–H and O–H groups in total. The molecule has 2 bridgehead atoms. The average Bonchev–Trinajstić information content (AvgIpc) is 3.47. The Labute approximate surface area is 273 Å². The van der Waals surface area contributed by atoms with Gasteiger partial charge in [0.1, 0.15) is 11.5 Å². The maximum Gasteiger partial charge on any atom is 0.311 e. The lowest BCUT2D eigenvalue weighted by Crippen LogP contribution is -2.52. The number of benzene rings is 2. The number of aryl methyl sites for hydroxylation is 1. The first-order valence-corrected chi connectivity index (χ1v) is 16.8. The molecule has 2 aromatic carbocycles. The van der Waals surface area contributed by atoms with Crippen LogP contribution in [0.25, 0.3) is 33.7 Å². The van der Waals surface area contributed by atoms with Crippen LogP contribution >= 0.6 is 0 Å². The van der Waals surface area contributed by atoms with E-state index in [2.05, 4.69) is 20.3 Å². The Bertz CT molecular complexity index is 2180. The molecule has 2 unspecified atom stereocenters. The normalized spacial score (nSPS) is 20.6. The number of fused-ring (bicyclic) bond motifs is 4. The van der Waals surface area contributed by atoms with Gasteiger partial charge in [0, 0.05) is 28.8 Å². The summed E-state index contributed by atoms with van der Waals surface area (Å²) in [6.07, 6.45) is 5.24. The predicted molar refractivity (Wildman–Crippen MR) is 168 cm³/mol. The third-order valence-electron chi connectivity index (χ3n) is 9.44. The Balaban J connectivity index is 1.44. The third-order valence-corrected chi connectivity index (χ3v) is 11.1. The van der Waals surface area contributed by atoms with Gasteiger partial charge in [0.05, 0.1) is 24.1 Å². The van der Waals surface area contributed by atoms with E-state index in [0.717, 1.165) is 71.9 Å². The lowest BCUT2D eigenvalue weighted by Gasteiger charge is -2.47. The Hall–Kier alpha value is -4.85. The van der Waals surface area contributed by atoms with Gasteiger partial charge >= 0.3 is 5.97 Å². The van der Waals surface area contributed by atoms with Gasteiger partial charge < -0.3 is 10.1 Å². The van der Waals surface area contributed by atoms with Gasteiger partial charge in [-0.05, 0) is 80.8 Å². The van der Waals surface area contributed by atoms with Crippen molar-refractivity contribution >= 4 is 32.8 Å². The number of methoxy groups -OCH3 is 1. The van der Waals surface area contributed by atoms with E-state index in [9.17, 15) is 26.4 Å². The van der Waals surface area contributed by atoms with Crippen molar-refractivity contribution in [3.63, 3.8) is 0 Å². The largest absolute Gasteiger partial charge is 0.469 e. The number of hydrogen-bond acceptors (Lipinski definition) is 8. The predicted octanol–water partition coefficient (Wildman–Crippen LogP) is 6.65. The van der Waals surface area contributed by atoms with Crippen LogP contribution in [0.5, 0.6) is 0 Å². The van der Waals surface area contributed by atoms with E-state index < -0.39 is 56.9 Å². The zero-order valence-corrected chi connectivity index (χ0v) is 26.6. The number of nitrogens with one attached hydrogen (secondary N) is 1. The third kappa shape index (κ3) is 5.37. The molecule has 3 fully saturated rings. The Morgan fingerprint density at radius 1 is 0.938 bits per heavy atom. The molecule has 0 radical (unpaired) electrons. The van der Waals surface area contributed by atoms with E-state index >= 15 is 4.39 Å². The van der Waals surface area contributed by atoms with Gasteiger partial charge in [-0.2, -0.15) is 0 Å². The fourth-order valence-corrected chi connectivity index (χ4v) is 8.35. The molecule has 3 aliphatic carbocycles. The lowest BCUT2D eigenvalue weighted by molar-refractivity contribution is -0.152.